The number of anilines is 1. The Bertz CT molecular complexity index is 1470. The third-order valence-corrected chi connectivity index (χ3v) is 6.92. The van der Waals surface area contributed by atoms with Gasteiger partial charge in [0.25, 0.3) is 5.91 Å². The Morgan fingerprint density at radius 2 is 1.70 bits per heavy atom. The largest absolute Gasteiger partial charge is 0.437 e. The predicted molar refractivity (Wildman–Crippen MR) is 141 cm³/mol. The number of aryl methyl sites for hydroxylation is 1. The lowest BCUT2D eigenvalue weighted by Crippen LogP contribution is -2.25. The first-order valence-electron chi connectivity index (χ1n) is 12.0. The number of amides is 1. The summed E-state index contributed by atoms with van der Waals surface area (Å²) in [5.41, 5.74) is -2.01. The van der Waals surface area contributed by atoms with Gasteiger partial charge in [-0.15, -0.1) is 0 Å². The van der Waals surface area contributed by atoms with Crippen LogP contribution >= 0.6 is 11.6 Å². The number of oxime groups is 1. The monoisotopic (exact) mass is 656 g/mol. The molecule has 1 aromatic heterocycles. The highest BCUT2D eigenvalue weighted by Gasteiger charge is 2.38. The Morgan fingerprint density at radius 1 is 1.07 bits per heavy atom. The molecule has 2 aromatic carbocycles. The van der Waals surface area contributed by atoms with Crippen molar-refractivity contribution >= 4 is 39.8 Å². The molecular formula is C25H23ClF6N4O6S. The van der Waals surface area contributed by atoms with Crippen molar-refractivity contribution in [2.24, 2.45) is 5.16 Å². The second kappa shape index (κ2) is 14.3. The SMILES string of the molecule is Cc1nonc1NC(=O)c1ccc(C(F)(F)F)c(S(C)=O)c1C.FC(F)(F)/C(=N\OCC1OCCO1)c1ccc(Cl)cc1. The van der Waals surface area contributed by atoms with Crippen molar-refractivity contribution in [2.45, 2.75) is 37.4 Å². The zero-order valence-electron chi connectivity index (χ0n) is 22.5. The Labute approximate surface area is 247 Å². The van der Waals surface area contributed by atoms with Crippen LogP contribution < -0.4 is 5.32 Å². The van der Waals surface area contributed by atoms with Crippen LogP contribution in [0, 0.1) is 13.8 Å². The van der Waals surface area contributed by atoms with E-state index in [1.807, 2.05) is 0 Å². The Balaban J connectivity index is 0.000000238. The molecule has 0 saturated carbocycles. The highest BCUT2D eigenvalue weighted by Crippen LogP contribution is 2.36. The van der Waals surface area contributed by atoms with E-state index in [0.717, 1.165) is 18.4 Å². The zero-order valence-corrected chi connectivity index (χ0v) is 24.1. The van der Waals surface area contributed by atoms with Gasteiger partial charge in [0, 0.05) is 22.4 Å². The number of hydrogen-bond donors (Lipinski definition) is 1. The van der Waals surface area contributed by atoms with Crippen molar-refractivity contribution in [3.8, 4) is 0 Å². The predicted octanol–water partition coefficient (Wildman–Crippen LogP) is 5.69. The van der Waals surface area contributed by atoms with Gasteiger partial charge >= 0.3 is 12.4 Å². The number of alkyl halides is 6. The molecule has 0 radical (unpaired) electrons. The van der Waals surface area contributed by atoms with Crippen LogP contribution in [-0.4, -0.2) is 64.7 Å². The molecule has 1 unspecified atom stereocenters. The topological polar surface area (TPSA) is 125 Å². The summed E-state index contributed by atoms with van der Waals surface area (Å²) < 4.78 is 104. The molecule has 234 valence electrons. The van der Waals surface area contributed by atoms with Gasteiger partial charge in [-0.1, -0.05) is 34.0 Å². The van der Waals surface area contributed by atoms with Crippen LogP contribution in [0.15, 0.2) is 51.1 Å². The van der Waals surface area contributed by atoms with Gasteiger partial charge in [-0.3, -0.25) is 9.00 Å². The summed E-state index contributed by atoms with van der Waals surface area (Å²) in [6.07, 6.45) is -8.85. The lowest BCUT2D eigenvalue weighted by atomic mass is 10.0. The molecular weight excluding hydrogens is 634 g/mol. The van der Waals surface area contributed by atoms with Crippen molar-refractivity contribution in [2.75, 3.05) is 31.4 Å². The normalized spacial score (nSPS) is 15.1. The lowest BCUT2D eigenvalue weighted by Gasteiger charge is -2.16. The molecule has 3 aromatic rings. The Hall–Kier alpha value is -3.54. The number of hydrogen-bond acceptors (Lipinski definition) is 9. The number of carbonyl (C=O) groups excluding carboxylic acids is 1. The van der Waals surface area contributed by atoms with Crippen LogP contribution in [-0.2, 0) is 31.3 Å². The fourth-order valence-corrected chi connectivity index (χ4v) is 4.75. The van der Waals surface area contributed by atoms with E-state index in [0.29, 0.717) is 23.9 Å². The maximum atomic E-state index is 13.0. The van der Waals surface area contributed by atoms with Crippen molar-refractivity contribution in [1.29, 1.82) is 0 Å². The lowest BCUT2D eigenvalue weighted by molar-refractivity contribution is -0.139. The summed E-state index contributed by atoms with van der Waals surface area (Å²) in [7, 11) is -1.91. The van der Waals surface area contributed by atoms with Gasteiger partial charge in [-0.25, -0.2) is 4.63 Å². The van der Waals surface area contributed by atoms with Crippen molar-refractivity contribution in [3.05, 3.63) is 69.4 Å². The van der Waals surface area contributed by atoms with E-state index in [9.17, 15) is 35.3 Å². The van der Waals surface area contributed by atoms with Crippen LogP contribution in [0.4, 0.5) is 32.2 Å². The highest BCUT2D eigenvalue weighted by molar-refractivity contribution is 7.84. The molecule has 1 amide bonds. The minimum atomic E-state index is -4.66. The number of aromatic nitrogens is 2. The van der Waals surface area contributed by atoms with Gasteiger partial charge in [0.1, 0.15) is 5.69 Å². The zero-order chi connectivity index (χ0) is 31.9. The first kappa shape index (κ1) is 34.0. The van der Waals surface area contributed by atoms with Gasteiger partial charge in [0.05, 0.1) is 34.5 Å². The standard InChI is InChI=1S/C13H12F3N3O3S.C12H11ClF3NO3/c1-6-8(12(20)17-11-7(2)18-22-19-11)4-5-9(13(14,15)16)10(6)23(3)21;13-9-3-1-8(2-4-9)11(12(14,15)16)17-20-7-10-18-5-6-19-10/h4-5H,1-3H3,(H,17,19,20);1-4,10H,5-7H2/b;17-11-. The first-order chi connectivity index (χ1) is 20.1. The van der Waals surface area contributed by atoms with E-state index in [1.165, 1.54) is 38.1 Å². The van der Waals surface area contributed by atoms with Crippen LogP contribution in [0.5, 0.6) is 0 Å². The minimum absolute atomic E-state index is 0.00716. The summed E-state index contributed by atoms with van der Waals surface area (Å²) in [5, 5.41) is 12.8. The molecule has 2 heterocycles. The van der Waals surface area contributed by atoms with E-state index in [1.54, 1.807) is 0 Å². The molecule has 43 heavy (non-hydrogen) atoms. The third-order valence-electron chi connectivity index (χ3n) is 5.57. The number of halogens is 7. The molecule has 0 bridgehead atoms. The molecule has 0 spiro atoms. The molecule has 1 atom stereocenters. The molecule has 1 fully saturated rings. The second-order valence-corrected chi connectivity index (χ2v) is 10.4. The third kappa shape index (κ3) is 9.22. The molecule has 18 heteroatoms. The number of benzene rings is 2. The van der Waals surface area contributed by atoms with Gasteiger partial charge in [-0.05, 0) is 48.8 Å². The molecule has 1 aliphatic heterocycles. The molecule has 1 N–H and O–H groups in total. The molecule has 0 aliphatic carbocycles. The van der Waals surface area contributed by atoms with Crippen LogP contribution in [0.3, 0.4) is 0 Å². The van der Waals surface area contributed by atoms with Gasteiger partial charge in [0.15, 0.2) is 18.6 Å². The van der Waals surface area contributed by atoms with Crippen LogP contribution in [0.25, 0.3) is 0 Å². The van der Waals surface area contributed by atoms with Gasteiger partial charge < -0.3 is 19.6 Å². The van der Waals surface area contributed by atoms with Crippen molar-refractivity contribution < 1.29 is 54.3 Å². The number of ether oxygens (including phenoxy) is 2. The van der Waals surface area contributed by atoms with E-state index in [2.05, 4.69) is 30.3 Å². The molecule has 1 saturated heterocycles. The average Bonchev–Trinajstić information content (AvgIpc) is 3.58. The number of rotatable bonds is 7. The van der Waals surface area contributed by atoms with Crippen molar-refractivity contribution in [3.63, 3.8) is 0 Å². The van der Waals surface area contributed by atoms with Gasteiger partial charge in [0.2, 0.25) is 5.82 Å². The van der Waals surface area contributed by atoms with E-state index < -0.39 is 51.5 Å². The fraction of sp³-hybridized carbons (Fsp3) is 0.360. The van der Waals surface area contributed by atoms with Crippen molar-refractivity contribution in [1.82, 2.24) is 10.3 Å². The number of nitrogens with one attached hydrogen (secondary N) is 1. The van der Waals surface area contributed by atoms with E-state index in [4.69, 9.17) is 21.1 Å². The quantitative estimate of drug-likeness (QED) is 0.195. The summed E-state index contributed by atoms with van der Waals surface area (Å²) >= 11 is 5.64. The highest BCUT2D eigenvalue weighted by atomic mass is 35.5. The van der Waals surface area contributed by atoms with Crippen LogP contribution in [0.1, 0.15) is 32.7 Å². The molecule has 1 aliphatic rings. The summed E-state index contributed by atoms with van der Waals surface area (Å²) in [6, 6.07) is 6.92. The van der Waals surface area contributed by atoms with E-state index in [-0.39, 0.29) is 29.1 Å². The maximum absolute atomic E-state index is 13.0. The Kier molecular flexibility index (Phi) is 11.3. The first-order valence-corrected chi connectivity index (χ1v) is 13.9. The minimum Gasteiger partial charge on any atom is -0.390 e. The molecule has 10 nitrogen and oxygen atoms in total. The van der Waals surface area contributed by atoms with E-state index >= 15 is 0 Å². The summed E-state index contributed by atoms with van der Waals surface area (Å²) in [4.78, 5) is 16.5. The Morgan fingerprint density at radius 3 is 2.21 bits per heavy atom. The second-order valence-electron chi connectivity index (χ2n) is 8.63. The van der Waals surface area contributed by atoms with Crippen LogP contribution in [0.2, 0.25) is 5.02 Å². The summed E-state index contributed by atoms with van der Waals surface area (Å²) in [6.45, 7) is 3.43. The maximum Gasteiger partial charge on any atom is 0.437 e. The molecule has 4 rings (SSSR count). The number of carbonyl (C=O) groups is 1. The summed E-state index contributed by atoms with van der Waals surface area (Å²) in [5.74, 6) is -0.629. The average molecular weight is 657 g/mol. The fourth-order valence-electron chi connectivity index (χ4n) is 3.59. The van der Waals surface area contributed by atoms with Gasteiger partial charge in [-0.2, -0.15) is 26.3 Å². The number of nitrogens with zero attached hydrogens (tertiary/aromatic N) is 3. The smallest absolute Gasteiger partial charge is 0.390 e.